The molecule has 4 heteroatoms. The number of aliphatic hydroxyl groups excluding tert-OH is 2. The maximum absolute atomic E-state index is 11.8. The second-order valence-electron chi connectivity index (χ2n) is 9.03. The maximum atomic E-state index is 11.8. The van der Waals surface area contributed by atoms with Gasteiger partial charge in [-0.05, 0) is 75.0 Å². The van der Waals surface area contributed by atoms with Crippen molar-refractivity contribution in [3.63, 3.8) is 0 Å². The number of hydrogen-bond donors (Lipinski definition) is 2. The fraction of sp³-hybridized carbons (Fsp3) is 0.947. The van der Waals surface area contributed by atoms with Crippen molar-refractivity contribution < 1.29 is 19.7 Å². The van der Waals surface area contributed by atoms with Gasteiger partial charge in [-0.3, -0.25) is 4.79 Å². The van der Waals surface area contributed by atoms with Crippen molar-refractivity contribution in [2.24, 2.45) is 29.1 Å². The lowest BCUT2D eigenvalue weighted by Crippen LogP contribution is -2.61. The van der Waals surface area contributed by atoms with Crippen LogP contribution in [-0.4, -0.2) is 34.0 Å². The molecule has 4 aliphatic rings. The molecule has 4 nitrogen and oxygen atoms in total. The number of esters is 1. The Kier molecular flexibility index (Phi) is 3.59. The van der Waals surface area contributed by atoms with Crippen LogP contribution in [-0.2, 0) is 9.53 Å². The molecular formula is C19H30O4. The van der Waals surface area contributed by atoms with Gasteiger partial charge in [-0.1, -0.05) is 6.92 Å². The highest BCUT2D eigenvalue weighted by Crippen LogP contribution is 2.63. The van der Waals surface area contributed by atoms with Crippen molar-refractivity contribution in [3.05, 3.63) is 0 Å². The van der Waals surface area contributed by atoms with Crippen LogP contribution in [0.2, 0.25) is 0 Å². The summed E-state index contributed by atoms with van der Waals surface area (Å²) in [6.07, 6.45) is 6.28. The van der Waals surface area contributed by atoms with E-state index in [0.29, 0.717) is 30.6 Å². The molecule has 1 saturated heterocycles. The van der Waals surface area contributed by atoms with Gasteiger partial charge >= 0.3 is 5.97 Å². The van der Waals surface area contributed by atoms with E-state index in [4.69, 9.17) is 4.74 Å². The molecule has 0 aromatic rings. The normalized spacial score (nSPS) is 56.1. The first kappa shape index (κ1) is 15.9. The summed E-state index contributed by atoms with van der Waals surface area (Å²) in [5.74, 6) is 1.87. The number of fused-ring (bicyclic) bond motifs is 5. The first-order valence-electron chi connectivity index (χ1n) is 9.43. The average Bonchev–Trinajstić information content (AvgIpc) is 2.50. The van der Waals surface area contributed by atoms with Crippen molar-refractivity contribution in [1.29, 1.82) is 0 Å². The van der Waals surface area contributed by atoms with Gasteiger partial charge in [0.15, 0.2) is 0 Å². The van der Waals surface area contributed by atoms with Gasteiger partial charge in [0.1, 0.15) is 5.60 Å². The van der Waals surface area contributed by atoms with E-state index in [0.717, 1.165) is 38.5 Å². The quantitative estimate of drug-likeness (QED) is 0.673. The topological polar surface area (TPSA) is 66.8 Å². The number of aliphatic hydroxyl groups is 2. The molecule has 1 aliphatic heterocycles. The monoisotopic (exact) mass is 322 g/mol. The van der Waals surface area contributed by atoms with E-state index in [1.807, 2.05) is 0 Å². The molecule has 2 N–H and O–H groups in total. The Balaban J connectivity index is 1.63. The summed E-state index contributed by atoms with van der Waals surface area (Å²) in [7, 11) is 0. The third-order valence-corrected chi connectivity index (χ3v) is 8.07. The number of ether oxygens (including phenoxy) is 1. The highest BCUT2D eigenvalue weighted by molar-refractivity contribution is 5.70. The van der Waals surface area contributed by atoms with E-state index in [1.54, 1.807) is 0 Å². The van der Waals surface area contributed by atoms with Gasteiger partial charge in [-0.15, -0.1) is 0 Å². The number of rotatable bonds is 0. The van der Waals surface area contributed by atoms with Gasteiger partial charge in [0.05, 0.1) is 12.2 Å². The predicted octanol–water partition coefficient (Wildman–Crippen LogP) is 2.66. The summed E-state index contributed by atoms with van der Waals surface area (Å²) in [5.41, 5.74) is -0.142. The van der Waals surface area contributed by atoms with Crippen LogP contribution in [0.15, 0.2) is 0 Å². The van der Waals surface area contributed by atoms with Crippen LogP contribution in [0.3, 0.4) is 0 Å². The molecule has 130 valence electrons. The van der Waals surface area contributed by atoms with Crippen molar-refractivity contribution in [2.75, 3.05) is 0 Å². The van der Waals surface area contributed by atoms with E-state index in [2.05, 4.69) is 13.8 Å². The Morgan fingerprint density at radius 1 is 0.957 bits per heavy atom. The molecule has 3 saturated carbocycles. The van der Waals surface area contributed by atoms with Gasteiger partial charge < -0.3 is 14.9 Å². The van der Waals surface area contributed by atoms with Crippen LogP contribution in [0.5, 0.6) is 0 Å². The zero-order valence-electron chi connectivity index (χ0n) is 14.3. The average molecular weight is 322 g/mol. The van der Waals surface area contributed by atoms with E-state index in [1.165, 1.54) is 0 Å². The zero-order chi connectivity index (χ0) is 16.4. The summed E-state index contributed by atoms with van der Waals surface area (Å²) in [6, 6.07) is 0. The van der Waals surface area contributed by atoms with Crippen molar-refractivity contribution >= 4 is 5.97 Å². The molecule has 0 spiro atoms. The zero-order valence-corrected chi connectivity index (χ0v) is 14.3. The van der Waals surface area contributed by atoms with E-state index < -0.39 is 12.2 Å². The van der Waals surface area contributed by atoms with Crippen LogP contribution < -0.4 is 0 Å². The van der Waals surface area contributed by atoms with Crippen molar-refractivity contribution in [2.45, 2.75) is 83.0 Å². The van der Waals surface area contributed by atoms with Gasteiger partial charge in [0.2, 0.25) is 0 Å². The molecule has 8 atom stereocenters. The molecule has 3 aliphatic carbocycles. The fourth-order valence-electron chi connectivity index (χ4n) is 6.83. The summed E-state index contributed by atoms with van der Waals surface area (Å²) < 4.78 is 5.81. The molecular weight excluding hydrogens is 292 g/mol. The second-order valence-corrected chi connectivity index (χ2v) is 9.03. The number of hydrogen-bond acceptors (Lipinski definition) is 4. The largest absolute Gasteiger partial charge is 0.459 e. The third-order valence-electron chi connectivity index (χ3n) is 8.07. The van der Waals surface area contributed by atoms with E-state index in [-0.39, 0.29) is 22.9 Å². The molecule has 1 heterocycles. The molecule has 0 bridgehead atoms. The molecule has 0 aromatic carbocycles. The molecule has 0 amide bonds. The molecule has 3 unspecified atom stereocenters. The van der Waals surface area contributed by atoms with Crippen LogP contribution in [0.4, 0.5) is 0 Å². The van der Waals surface area contributed by atoms with Crippen LogP contribution in [0.25, 0.3) is 0 Å². The lowest BCUT2D eigenvalue weighted by Gasteiger charge is -2.62. The maximum Gasteiger partial charge on any atom is 0.306 e. The van der Waals surface area contributed by atoms with Crippen LogP contribution in [0.1, 0.15) is 65.2 Å². The molecule has 4 rings (SSSR count). The summed E-state index contributed by atoms with van der Waals surface area (Å²) >= 11 is 0. The Bertz CT molecular complexity index is 506. The lowest BCUT2D eigenvalue weighted by molar-refractivity contribution is -0.214. The minimum absolute atomic E-state index is 0.0293. The first-order valence-corrected chi connectivity index (χ1v) is 9.43. The summed E-state index contributed by atoms with van der Waals surface area (Å²) in [6.45, 7) is 4.49. The van der Waals surface area contributed by atoms with Gasteiger partial charge in [0.25, 0.3) is 0 Å². The highest BCUT2D eigenvalue weighted by atomic mass is 16.6. The first-order chi connectivity index (χ1) is 10.8. The summed E-state index contributed by atoms with van der Waals surface area (Å²) in [5, 5.41) is 20.6. The minimum Gasteiger partial charge on any atom is -0.459 e. The lowest BCUT2D eigenvalue weighted by atomic mass is 9.45. The predicted molar refractivity (Wildman–Crippen MR) is 85.5 cm³/mol. The Hall–Kier alpha value is -0.610. The molecule has 23 heavy (non-hydrogen) atoms. The molecule has 0 radical (unpaired) electrons. The van der Waals surface area contributed by atoms with E-state index in [9.17, 15) is 15.0 Å². The van der Waals surface area contributed by atoms with Gasteiger partial charge in [-0.2, -0.15) is 0 Å². The number of carbonyl (C=O) groups excluding carboxylic acids is 1. The second kappa shape index (κ2) is 5.19. The van der Waals surface area contributed by atoms with Crippen LogP contribution in [0, 0.1) is 29.1 Å². The number of carbonyl (C=O) groups is 1. The van der Waals surface area contributed by atoms with Gasteiger partial charge in [0, 0.05) is 12.3 Å². The van der Waals surface area contributed by atoms with Crippen LogP contribution >= 0.6 is 0 Å². The SMILES string of the molecule is C[C@]12CCC3C(CC[C@H]4[C@@H](O)[C@H](O)CC[C@]34C)C1CCC(=O)O2. The van der Waals surface area contributed by atoms with Crippen molar-refractivity contribution in [3.8, 4) is 0 Å². The Labute approximate surface area is 138 Å². The minimum atomic E-state index is -0.563. The van der Waals surface area contributed by atoms with E-state index >= 15 is 0 Å². The standard InChI is InChI=1S/C19H30O4/c1-18-9-8-15(20)17(22)14(18)4-3-11-12(18)7-10-19(2)13(11)5-6-16(21)23-19/h11-15,17,20,22H,3-10H2,1-2H3/t11?,12?,13?,14-,15+,17+,18+,19-/m0/s1. The Morgan fingerprint density at radius 2 is 1.74 bits per heavy atom. The molecule has 0 aromatic heterocycles. The van der Waals surface area contributed by atoms with Gasteiger partial charge in [-0.25, -0.2) is 0 Å². The summed E-state index contributed by atoms with van der Waals surface area (Å²) in [4.78, 5) is 11.8. The van der Waals surface area contributed by atoms with Crippen molar-refractivity contribution in [1.82, 2.24) is 0 Å². The Morgan fingerprint density at radius 3 is 2.52 bits per heavy atom. The highest BCUT2D eigenvalue weighted by Gasteiger charge is 2.60. The smallest absolute Gasteiger partial charge is 0.306 e. The molecule has 4 fully saturated rings. The fourth-order valence-corrected chi connectivity index (χ4v) is 6.83. The third kappa shape index (κ3) is 2.21.